The van der Waals surface area contributed by atoms with Gasteiger partial charge in [0.25, 0.3) is 0 Å². The summed E-state index contributed by atoms with van der Waals surface area (Å²) < 4.78 is 36.9. The molecule has 0 aromatic carbocycles. The number of anilines is 1. The van der Waals surface area contributed by atoms with Crippen LogP contribution >= 0.6 is 7.82 Å². The lowest BCUT2D eigenvalue weighted by Crippen LogP contribution is -2.44. The molecule has 170 valence electrons. The standard InChI is InChI=1S/C19H22N5O7P/c1-19(26)14(25)17(29-18(19)24-7-4-12-15(20)22-10-23-16(12)24)31-32(27)28-8-5-13(30-32)11-3-2-6-21-9-11/h2-4,6-7,9-10,13-14,17-18,25-26H,5,8H2,1H3,(H2,20,22,23)/p+1. The highest BCUT2D eigenvalue weighted by atomic mass is 31.2. The topological polar surface area (TPSA) is 165 Å². The highest BCUT2D eigenvalue weighted by Crippen LogP contribution is 2.59. The summed E-state index contributed by atoms with van der Waals surface area (Å²) in [6, 6.07) is 5.23. The van der Waals surface area contributed by atoms with Crippen LogP contribution in [0, 0.1) is 0 Å². The second-order valence-corrected chi connectivity index (χ2v) is 9.43. The maximum absolute atomic E-state index is 13.2. The van der Waals surface area contributed by atoms with Crippen molar-refractivity contribution in [2.24, 2.45) is 0 Å². The fourth-order valence-electron chi connectivity index (χ4n) is 3.91. The molecule has 2 saturated heterocycles. The Hall–Kier alpha value is -2.44. The number of aliphatic hydroxyl groups is 2. The first-order valence-electron chi connectivity index (χ1n) is 9.98. The molecule has 3 aromatic heterocycles. The van der Waals surface area contributed by atoms with Gasteiger partial charge in [0.05, 0.1) is 18.9 Å². The number of H-pyrrole nitrogens is 1. The van der Waals surface area contributed by atoms with Crippen molar-refractivity contribution in [3.05, 3.63) is 48.7 Å². The molecule has 2 fully saturated rings. The number of phosphoric acid groups is 1. The van der Waals surface area contributed by atoms with Crippen molar-refractivity contribution in [2.45, 2.75) is 43.7 Å². The number of aromatic nitrogens is 4. The van der Waals surface area contributed by atoms with E-state index in [1.54, 1.807) is 41.4 Å². The fourth-order valence-corrected chi connectivity index (χ4v) is 5.37. The minimum atomic E-state index is -4.11. The van der Waals surface area contributed by atoms with E-state index < -0.39 is 38.1 Å². The zero-order chi connectivity index (χ0) is 22.5. The van der Waals surface area contributed by atoms with Gasteiger partial charge in [0, 0.05) is 18.8 Å². The summed E-state index contributed by atoms with van der Waals surface area (Å²) >= 11 is 0. The molecule has 0 spiro atoms. The van der Waals surface area contributed by atoms with Gasteiger partial charge in [-0.2, -0.15) is 0 Å². The molecule has 0 radical (unpaired) electrons. The molecule has 2 aliphatic heterocycles. The second kappa shape index (κ2) is 7.85. The molecule has 6 atom stereocenters. The van der Waals surface area contributed by atoms with Gasteiger partial charge in [-0.15, -0.1) is 0 Å². The van der Waals surface area contributed by atoms with Crippen LogP contribution < -0.4 is 10.7 Å². The number of pyridine rings is 1. The zero-order valence-electron chi connectivity index (χ0n) is 17.1. The van der Waals surface area contributed by atoms with Crippen LogP contribution in [0.3, 0.4) is 0 Å². The molecule has 5 heterocycles. The summed E-state index contributed by atoms with van der Waals surface area (Å²) in [6.45, 7) is 1.50. The van der Waals surface area contributed by atoms with Gasteiger partial charge in [0.15, 0.2) is 5.60 Å². The van der Waals surface area contributed by atoms with Crippen LogP contribution in [0.25, 0.3) is 11.0 Å². The Kier molecular flexibility index (Phi) is 5.25. The van der Waals surface area contributed by atoms with Crippen molar-refractivity contribution in [2.75, 3.05) is 12.3 Å². The molecule has 0 amide bonds. The lowest BCUT2D eigenvalue weighted by molar-refractivity contribution is -0.356. The third-order valence-electron chi connectivity index (χ3n) is 5.64. The Morgan fingerprint density at radius 1 is 1.44 bits per heavy atom. The lowest BCUT2D eigenvalue weighted by atomic mass is 9.99. The predicted octanol–water partition coefficient (Wildman–Crippen LogP) is 1.10. The monoisotopic (exact) mass is 464 g/mol. The normalized spacial score (nSPS) is 35.3. The van der Waals surface area contributed by atoms with Crippen molar-refractivity contribution < 1.29 is 38.1 Å². The first-order valence-corrected chi connectivity index (χ1v) is 11.4. The number of nitrogens with one attached hydrogen (secondary N) is 1. The second-order valence-electron chi connectivity index (χ2n) is 7.86. The third kappa shape index (κ3) is 3.59. The first-order chi connectivity index (χ1) is 15.3. The molecule has 0 bridgehead atoms. The number of phosphoric ester groups is 1. The Labute approximate surface area is 182 Å². The predicted molar refractivity (Wildman–Crippen MR) is 109 cm³/mol. The number of hydrogen-bond donors (Lipinski definition) is 3. The number of nitrogens with two attached hydrogens (primary N) is 1. The van der Waals surface area contributed by atoms with Gasteiger partial charge in [-0.05, 0) is 24.6 Å². The van der Waals surface area contributed by atoms with E-state index in [-0.39, 0.29) is 6.61 Å². The Morgan fingerprint density at radius 2 is 2.28 bits per heavy atom. The Bertz CT molecular complexity index is 1170. The maximum atomic E-state index is 13.2. The van der Waals surface area contributed by atoms with Crippen LogP contribution in [0.4, 0.5) is 5.82 Å². The number of hydrogen-bond acceptors (Lipinski definition) is 10. The fraction of sp³-hybridized carbons (Fsp3) is 0.421. The average molecular weight is 464 g/mol. The number of aromatic amines is 1. The lowest BCUT2D eigenvalue weighted by Gasteiger charge is -2.31. The van der Waals surface area contributed by atoms with E-state index >= 15 is 0 Å². The zero-order valence-corrected chi connectivity index (χ0v) is 18.0. The number of fused-ring (bicyclic) bond motifs is 1. The number of nitrogens with zero attached hydrogens (tertiary/aromatic N) is 3. The van der Waals surface area contributed by atoms with Crippen LogP contribution in [-0.2, 0) is 22.9 Å². The summed E-state index contributed by atoms with van der Waals surface area (Å²) in [7, 11) is -4.11. The molecule has 3 aromatic rings. The molecule has 2 aliphatic rings. The van der Waals surface area contributed by atoms with Crippen molar-refractivity contribution in [3.8, 4) is 0 Å². The number of ether oxygens (including phenoxy) is 1. The van der Waals surface area contributed by atoms with E-state index in [2.05, 4.69) is 15.0 Å². The molecule has 0 aliphatic carbocycles. The van der Waals surface area contributed by atoms with Gasteiger partial charge < -0.3 is 20.7 Å². The largest absolute Gasteiger partial charge is 0.477 e. The van der Waals surface area contributed by atoms with E-state index in [0.29, 0.717) is 23.3 Å². The molecule has 32 heavy (non-hydrogen) atoms. The van der Waals surface area contributed by atoms with E-state index in [1.807, 2.05) is 0 Å². The molecule has 13 heteroatoms. The van der Waals surface area contributed by atoms with E-state index in [1.165, 1.54) is 13.3 Å². The Morgan fingerprint density at radius 3 is 3.06 bits per heavy atom. The Balaban J connectivity index is 1.39. The van der Waals surface area contributed by atoms with E-state index in [4.69, 9.17) is 24.0 Å². The van der Waals surface area contributed by atoms with Crippen molar-refractivity contribution in [1.82, 2.24) is 14.5 Å². The summed E-state index contributed by atoms with van der Waals surface area (Å²) in [6.07, 6.45) is 2.02. The smallest absolute Gasteiger partial charge is 0.385 e. The van der Waals surface area contributed by atoms with Gasteiger partial charge in [0.1, 0.15) is 11.5 Å². The van der Waals surface area contributed by atoms with Gasteiger partial charge in [-0.25, -0.2) is 14.1 Å². The summed E-state index contributed by atoms with van der Waals surface area (Å²) in [5.41, 5.74) is 5.33. The summed E-state index contributed by atoms with van der Waals surface area (Å²) in [5, 5.41) is 22.4. The maximum Gasteiger partial charge on any atom is 0.477 e. The number of rotatable bonds is 4. The van der Waals surface area contributed by atoms with Crippen LogP contribution in [0.15, 0.2) is 43.1 Å². The minimum Gasteiger partial charge on any atom is -0.385 e. The molecule has 5 rings (SSSR count). The number of nitrogen functional groups attached to an aromatic ring is 1. The first kappa shape index (κ1) is 21.4. The third-order valence-corrected chi connectivity index (χ3v) is 7.12. The van der Waals surface area contributed by atoms with Crippen LogP contribution in [0.1, 0.15) is 31.2 Å². The molecule has 12 nitrogen and oxygen atoms in total. The van der Waals surface area contributed by atoms with Crippen LogP contribution in [0.5, 0.6) is 0 Å². The molecule has 0 saturated carbocycles. The van der Waals surface area contributed by atoms with E-state index in [0.717, 1.165) is 5.56 Å². The van der Waals surface area contributed by atoms with Crippen molar-refractivity contribution in [3.63, 3.8) is 0 Å². The van der Waals surface area contributed by atoms with Gasteiger partial charge in [-0.1, -0.05) is 11.1 Å². The van der Waals surface area contributed by atoms with Crippen molar-refractivity contribution in [1.29, 1.82) is 0 Å². The van der Waals surface area contributed by atoms with Crippen LogP contribution in [0.2, 0.25) is 0 Å². The quantitative estimate of drug-likeness (QED) is 0.476. The molecular weight excluding hydrogens is 441 g/mol. The van der Waals surface area contributed by atoms with Crippen molar-refractivity contribution >= 4 is 24.7 Å². The molecule has 6 unspecified atom stereocenters. The van der Waals surface area contributed by atoms with Gasteiger partial charge in [0.2, 0.25) is 30.3 Å². The number of aliphatic hydroxyl groups excluding tert-OH is 1. The van der Waals surface area contributed by atoms with Crippen LogP contribution in [-0.4, -0.2) is 49.4 Å². The summed E-state index contributed by atoms with van der Waals surface area (Å²) in [4.78, 5) is 11.0. The summed E-state index contributed by atoms with van der Waals surface area (Å²) in [5.74, 6) is 0.290. The van der Waals surface area contributed by atoms with E-state index in [9.17, 15) is 14.8 Å². The highest BCUT2D eigenvalue weighted by Gasteiger charge is 2.58. The minimum absolute atomic E-state index is 0.114. The van der Waals surface area contributed by atoms with Gasteiger partial charge >= 0.3 is 7.82 Å². The average Bonchev–Trinajstić information content (AvgIpc) is 3.29. The van der Waals surface area contributed by atoms with Gasteiger partial charge in [-0.3, -0.25) is 18.6 Å². The SMILES string of the molecule is CC1(O)C(O)C(OP2(=O)OCCC(c3cccnc3)O2)OC1n1ccc2c(N)nc[nH+]c21. The highest BCUT2D eigenvalue weighted by molar-refractivity contribution is 7.48. The molecular formula is C19H23N5O7P+. The molecule has 5 N–H and O–H groups in total.